The van der Waals surface area contributed by atoms with Gasteiger partial charge in [-0.05, 0) is 38.5 Å². The molecular weight excluding hydrogens is 288 g/mol. The summed E-state index contributed by atoms with van der Waals surface area (Å²) in [6.45, 7) is 0. The molecule has 1 aromatic heterocycles. The van der Waals surface area contributed by atoms with Crippen LogP contribution in [-0.2, 0) is 22.4 Å². The quantitative estimate of drug-likeness (QED) is 0.841. The number of hydrogen-bond acceptors (Lipinski definition) is 4. The van der Waals surface area contributed by atoms with E-state index in [0.29, 0.717) is 18.0 Å². The molecule has 0 aromatic carbocycles. The first-order valence-corrected chi connectivity index (χ1v) is 8.14. The molecular formula is C15H18N2O3S. The summed E-state index contributed by atoms with van der Waals surface area (Å²) in [5, 5.41) is 12.7. The molecule has 2 N–H and O–H groups in total. The summed E-state index contributed by atoms with van der Waals surface area (Å²) in [7, 11) is 0. The first-order valence-electron chi connectivity index (χ1n) is 7.32. The van der Waals surface area contributed by atoms with Gasteiger partial charge in [0.25, 0.3) is 0 Å². The molecule has 1 heterocycles. The maximum Gasteiger partial charge on any atom is 0.307 e. The van der Waals surface area contributed by atoms with Gasteiger partial charge in [-0.2, -0.15) is 0 Å². The number of amides is 1. The summed E-state index contributed by atoms with van der Waals surface area (Å²) in [6.07, 6.45) is 8.96. The molecule has 0 unspecified atom stereocenters. The zero-order chi connectivity index (χ0) is 14.8. The Hall–Kier alpha value is -1.69. The predicted octanol–water partition coefficient (Wildman–Crippen LogP) is 2.63. The van der Waals surface area contributed by atoms with Crippen molar-refractivity contribution in [2.45, 2.75) is 38.5 Å². The monoisotopic (exact) mass is 306 g/mol. The molecule has 0 aliphatic heterocycles. The highest BCUT2D eigenvalue weighted by molar-refractivity contribution is 7.15. The Kier molecular flexibility index (Phi) is 4.05. The Balaban J connectivity index is 1.72. The average Bonchev–Trinajstić information content (AvgIpc) is 2.89. The Morgan fingerprint density at radius 2 is 1.90 bits per heavy atom. The highest BCUT2D eigenvalue weighted by Gasteiger charge is 2.34. The maximum absolute atomic E-state index is 12.4. The molecule has 1 amide bonds. The maximum atomic E-state index is 12.4. The smallest absolute Gasteiger partial charge is 0.307 e. The number of hydrogen-bond donors (Lipinski definition) is 2. The predicted molar refractivity (Wildman–Crippen MR) is 80.4 cm³/mol. The molecule has 2 aliphatic rings. The van der Waals surface area contributed by atoms with E-state index in [1.165, 1.54) is 22.6 Å². The van der Waals surface area contributed by atoms with Crippen LogP contribution in [0.3, 0.4) is 0 Å². The molecule has 0 radical (unpaired) electrons. The van der Waals surface area contributed by atoms with Crippen LogP contribution in [0, 0.1) is 11.8 Å². The first kappa shape index (κ1) is 14.3. The van der Waals surface area contributed by atoms with E-state index >= 15 is 0 Å². The van der Waals surface area contributed by atoms with Gasteiger partial charge >= 0.3 is 5.97 Å². The van der Waals surface area contributed by atoms with Crippen molar-refractivity contribution in [3.8, 4) is 0 Å². The van der Waals surface area contributed by atoms with E-state index in [9.17, 15) is 14.7 Å². The number of thiazole rings is 1. The first-order chi connectivity index (χ1) is 10.1. The van der Waals surface area contributed by atoms with Crippen molar-refractivity contribution in [3.63, 3.8) is 0 Å². The highest BCUT2D eigenvalue weighted by atomic mass is 32.1. The van der Waals surface area contributed by atoms with Gasteiger partial charge < -0.3 is 10.4 Å². The van der Waals surface area contributed by atoms with Crippen molar-refractivity contribution in [3.05, 3.63) is 22.7 Å². The van der Waals surface area contributed by atoms with Crippen LogP contribution in [0.1, 0.15) is 36.3 Å². The van der Waals surface area contributed by atoms with Crippen molar-refractivity contribution in [2.24, 2.45) is 11.8 Å². The van der Waals surface area contributed by atoms with E-state index in [4.69, 9.17) is 0 Å². The summed E-state index contributed by atoms with van der Waals surface area (Å²) in [4.78, 5) is 29.3. The van der Waals surface area contributed by atoms with Crippen molar-refractivity contribution >= 4 is 28.3 Å². The average molecular weight is 306 g/mol. The van der Waals surface area contributed by atoms with Crippen molar-refractivity contribution in [1.82, 2.24) is 4.98 Å². The van der Waals surface area contributed by atoms with Gasteiger partial charge in [0, 0.05) is 4.88 Å². The van der Waals surface area contributed by atoms with E-state index < -0.39 is 17.8 Å². The molecule has 6 heteroatoms. The summed E-state index contributed by atoms with van der Waals surface area (Å²) in [6, 6.07) is 0. The Labute approximate surface area is 127 Å². The number of anilines is 1. The molecule has 5 nitrogen and oxygen atoms in total. The number of aliphatic carboxylic acids is 1. The van der Waals surface area contributed by atoms with Crippen LogP contribution in [0.25, 0.3) is 0 Å². The van der Waals surface area contributed by atoms with Gasteiger partial charge in [0.15, 0.2) is 5.13 Å². The lowest BCUT2D eigenvalue weighted by Crippen LogP contribution is -2.34. The lowest BCUT2D eigenvalue weighted by atomic mass is 9.82. The van der Waals surface area contributed by atoms with Crippen LogP contribution < -0.4 is 5.32 Å². The number of carbonyl (C=O) groups is 2. The fourth-order valence-corrected chi connectivity index (χ4v) is 4.03. The third kappa shape index (κ3) is 3.00. The van der Waals surface area contributed by atoms with Gasteiger partial charge in [-0.3, -0.25) is 9.59 Å². The fraction of sp³-hybridized carbons (Fsp3) is 0.533. The van der Waals surface area contributed by atoms with Gasteiger partial charge in [-0.15, -0.1) is 11.3 Å². The Morgan fingerprint density at radius 1 is 1.19 bits per heavy atom. The molecule has 0 fully saturated rings. The van der Waals surface area contributed by atoms with Crippen LogP contribution >= 0.6 is 11.3 Å². The van der Waals surface area contributed by atoms with Gasteiger partial charge in [0.05, 0.1) is 17.5 Å². The molecule has 0 spiro atoms. The highest BCUT2D eigenvalue weighted by Crippen LogP contribution is 2.31. The number of fused-ring (bicyclic) bond motifs is 1. The standard InChI is InChI=1S/C15H18N2O3S/c18-13(9-5-1-2-6-10(9)14(19)20)17-15-16-11-7-3-4-8-12(11)21-15/h1-2,9-10H,3-8H2,(H,19,20)(H,16,17,18)/t9-,10-/m1/s1. The Bertz CT molecular complexity index is 570. The van der Waals surface area contributed by atoms with Crippen molar-refractivity contribution in [2.75, 3.05) is 5.32 Å². The van der Waals surface area contributed by atoms with Crippen LogP contribution in [-0.4, -0.2) is 22.0 Å². The van der Waals surface area contributed by atoms with Crippen LogP contribution in [0.4, 0.5) is 5.13 Å². The zero-order valence-corrected chi connectivity index (χ0v) is 12.5. The summed E-state index contributed by atoms with van der Waals surface area (Å²) >= 11 is 1.53. The third-order valence-corrected chi connectivity index (χ3v) is 5.24. The normalized spacial score (nSPS) is 24.4. The Morgan fingerprint density at radius 3 is 2.62 bits per heavy atom. The number of carbonyl (C=O) groups excluding carboxylic acids is 1. The lowest BCUT2D eigenvalue weighted by Gasteiger charge is -2.23. The molecule has 2 aliphatic carbocycles. The minimum absolute atomic E-state index is 0.224. The molecule has 0 saturated carbocycles. The molecule has 0 bridgehead atoms. The molecule has 2 atom stereocenters. The van der Waals surface area contributed by atoms with E-state index in [0.717, 1.165) is 25.0 Å². The molecule has 3 rings (SSSR count). The zero-order valence-electron chi connectivity index (χ0n) is 11.7. The number of carboxylic acids is 1. The van der Waals surface area contributed by atoms with Crippen molar-refractivity contribution in [1.29, 1.82) is 0 Å². The minimum Gasteiger partial charge on any atom is -0.481 e. The largest absolute Gasteiger partial charge is 0.481 e. The molecule has 21 heavy (non-hydrogen) atoms. The van der Waals surface area contributed by atoms with Gasteiger partial charge in [0.1, 0.15) is 0 Å². The van der Waals surface area contributed by atoms with Crippen LogP contribution in [0.15, 0.2) is 12.2 Å². The minimum atomic E-state index is -0.905. The third-order valence-electron chi connectivity index (χ3n) is 4.16. The van der Waals surface area contributed by atoms with Crippen molar-refractivity contribution < 1.29 is 14.7 Å². The number of aromatic nitrogens is 1. The molecule has 0 saturated heterocycles. The summed E-state index contributed by atoms with van der Waals surface area (Å²) in [5.41, 5.74) is 1.10. The second-order valence-corrected chi connectivity index (χ2v) is 6.66. The van der Waals surface area contributed by atoms with Gasteiger partial charge in [-0.1, -0.05) is 12.2 Å². The number of allylic oxidation sites excluding steroid dienone is 2. The van der Waals surface area contributed by atoms with E-state index in [1.807, 2.05) is 12.2 Å². The summed E-state index contributed by atoms with van der Waals surface area (Å²) < 4.78 is 0. The number of nitrogens with zero attached hydrogens (tertiary/aromatic N) is 1. The molecule has 112 valence electrons. The number of nitrogens with one attached hydrogen (secondary N) is 1. The number of aryl methyl sites for hydroxylation is 2. The second-order valence-electron chi connectivity index (χ2n) is 5.58. The summed E-state index contributed by atoms with van der Waals surface area (Å²) in [5.74, 6) is -2.27. The van der Waals surface area contributed by atoms with Crippen LogP contribution in [0.2, 0.25) is 0 Å². The van der Waals surface area contributed by atoms with E-state index in [1.54, 1.807) is 0 Å². The van der Waals surface area contributed by atoms with E-state index in [2.05, 4.69) is 10.3 Å². The lowest BCUT2D eigenvalue weighted by molar-refractivity contribution is -0.146. The number of rotatable bonds is 3. The second kappa shape index (κ2) is 5.97. The van der Waals surface area contributed by atoms with Gasteiger partial charge in [0.2, 0.25) is 5.91 Å². The molecule has 1 aromatic rings. The topological polar surface area (TPSA) is 79.3 Å². The van der Waals surface area contributed by atoms with E-state index in [-0.39, 0.29) is 5.91 Å². The number of carboxylic acid groups (broad SMARTS) is 1. The SMILES string of the molecule is O=C(O)[C@@H]1CC=CC[C@H]1C(=O)Nc1nc2c(s1)CCCC2. The van der Waals surface area contributed by atoms with Crippen LogP contribution in [0.5, 0.6) is 0 Å². The van der Waals surface area contributed by atoms with Gasteiger partial charge in [-0.25, -0.2) is 4.98 Å². The fourth-order valence-electron chi connectivity index (χ4n) is 2.98.